The summed E-state index contributed by atoms with van der Waals surface area (Å²) in [5, 5.41) is 7.91. The van der Waals surface area contributed by atoms with Crippen LogP contribution >= 0.6 is 12.4 Å². The van der Waals surface area contributed by atoms with Crippen LogP contribution in [-0.4, -0.2) is 15.3 Å². The van der Waals surface area contributed by atoms with E-state index in [1.165, 1.54) is 0 Å². The lowest BCUT2D eigenvalue weighted by molar-refractivity contribution is 0.229. The molecule has 1 fully saturated rings. The molecular formula is C12H17ClN4O2. The van der Waals surface area contributed by atoms with E-state index in [0.29, 0.717) is 23.4 Å². The van der Waals surface area contributed by atoms with Gasteiger partial charge in [0.15, 0.2) is 5.82 Å². The second-order valence-corrected chi connectivity index (χ2v) is 5.20. The summed E-state index contributed by atoms with van der Waals surface area (Å²) < 4.78 is 10.4. The monoisotopic (exact) mass is 284 g/mol. The van der Waals surface area contributed by atoms with Crippen LogP contribution < -0.4 is 5.73 Å². The topological polar surface area (TPSA) is 91.0 Å². The van der Waals surface area contributed by atoms with Crippen molar-refractivity contribution in [2.45, 2.75) is 44.6 Å². The van der Waals surface area contributed by atoms with E-state index in [9.17, 15) is 0 Å². The van der Waals surface area contributed by atoms with Crippen LogP contribution in [0.4, 0.5) is 0 Å². The van der Waals surface area contributed by atoms with Crippen molar-refractivity contribution in [3.8, 4) is 11.7 Å². The van der Waals surface area contributed by atoms with Gasteiger partial charge in [-0.2, -0.15) is 4.98 Å². The minimum atomic E-state index is -0.414. The van der Waals surface area contributed by atoms with E-state index in [1.54, 1.807) is 0 Å². The molecule has 1 aliphatic carbocycles. The van der Waals surface area contributed by atoms with Crippen molar-refractivity contribution in [1.82, 2.24) is 15.3 Å². The van der Waals surface area contributed by atoms with Crippen LogP contribution in [-0.2, 0) is 5.54 Å². The highest BCUT2D eigenvalue weighted by Gasteiger charge is 2.39. The molecule has 0 unspecified atom stereocenters. The van der Waals surface area contributed by atoms with Gasteiger partial charge in [-0.3, -0.25) is 0 Å². The molecule has 104 valence electrons. The average Bonchev–Trinajstić information content (AvgIpc) is 2.94. The van der Waals surface area contributed by atoms with E-state index in [2.05, 4.69) is 15.3 Å². The summed E-state index contributed by atoms with van der Waals surface area (Å²) in [5.74, 6) is 1.71. The molecule has 0 spiro atoms. The van der Waals surface area contributed by atoms with Gasteiger partial charge in [-0.1, -0.05) is 24.2 Å². The smallest absolute Gasteiger partial charge is 0.296 e. The molecule has 6 nitrogen and oxygen atoms in total. The van der Waals surface area contributed by atoms with E-state index >= 15 is 0 Å². The van der Waals surface area contributed by atoms with Gasteiger partial charge in [-0.15, -0.1) is 12.4 Å². The highest BCUT2D eigenvalue weighted by molar-refractivity contribution is 5.85. The van der Waals surface area contributed by atoms with Gasteiger partial charge in [0.05, 0.1) is 11.2 Å². The summed E-state index contributed by atoms with van der Waals surface area (Å²) in [6.07, 6.45) is 2.92. The summed E-state index contributed by atoms with van der Waals surface area (Å²) in [5.41, 5.74) is 6.59. The molecule has 2 aromatic heterocycles. The second-order valence-electron chi connectivity index (χ2n) is 5.20. The van der Waals surface area contributed by atoms with Gasteiger partial charge in [0.1, 0.15) is 0 Å². The molecule has 19 heavy (non-hydrogen) atoms. The first-order valence-corrected chi connectivity index (χ1v) is 6.18. The highest BCUT2D eigenvalue weighted by Crippen LogP contribution is 2.37. The molecule has 7 heteroatoms. The zero-order valence-electron chi connectivity index (χ0n) is 10.9. The normalized spacial score (nSPS) is 17.1. The summed E-state index contributed by atoms with van der Waals surface area (Å²) in [6.45, 7) is 4.09. The van der Waals surface area contributed by atoms with Gasteiger partial charge in [-0.25, -0.2) is 0 Å². The van der Waals surface area contributed by atoms with Gasteiger partial charge in [-0.05, 0) is 25.2 Å². The van der Waals surface area contributed by atoms with E-state index < -0.39 is 5.54 Å². The van der Waals surface area contributed by atoms with Crippen LogP contribution in [0.3, 0.4) is 0 Å². The number of hydrogen-bond acceptors (Lipinski definition) is 6. The molecule has 2 N–H and O–H groups in total. The number of rotatable bonds is 3. The minimum Gasteiger partial charge on any atom is -0.351 e. The molecule has 0 atom stereocenters. The summed E-state index contributed by atoms with van der Waals surface area (Å²) in [6, 6.07) is 1.83. The van der Waals surface area contributed by atoms with E-state index in [4.69, 9.17) is 14.8 Å². The maximum atomic E-state index is 6.14. The van der Waals surface area contributed by atoms with Gasteiger partial charge in [0.2, 0.25) is 5.76 Å². The SMILES string of the molecule is CC(C)c1cc(-c2nc(C3(N)CCC3)no2)on1.Cl. The van der Waals surface area contributed by atoms with Crippen molar-refractivity contribution < 1.29 is 9.05 Å². The van der Waals surface area contributed by atoms with Crippen molar-refractivity contribution >= 4 is 12.4 Å². The Balaban J connectivity index is 0.00000133. The van der Waals surface area contributed by atoms with Crippen molar-refractivity contribution in [1.29, 1.82) is 0 Å². The standard InChI is InChI=1S/C12H16N4O2.ClH/c1-7(2)8-6-9(17-15-8)10-14-11(16-18-10)12(13)4-3-5-12;/h6-7H,3-5,13H2,1-2H3;1H. The van der Waals surface area contributed by atoms with Crippen molar-refractivity contribution in [3.05, 3.63) is 17.6 Å². The van der Waals surface area contributed by atoms with Crippen LogP contribution in [0.1, 0.15) is 50.5 Å². The molecule has 0 bridgehead atoms. The number of halogens is 1. The maximum absolute atomic E-state index is 6.14. The van der Waals surface area contributed by atoms with Crippen LogP contribution in [0, 0.1) is 0 Å². The first kappa shape index (κ1) is 14.0. The lowest BCUT2D eigenvalue weighted by Gasteiger charge is -2.34. The lowest BCUT2D eigenvalue weighted by atomic mass is 9.77. The molecule has 0 radical (unpaired) electrons. The molecule has 0 saturated heterocycles. The fourth-order valence-electron chi connectivity index (χ4n) is 1.97. The van der Waals surface area contributed by atoms with Crippen LogP contribution in [0.15, 0.2) is 15.1 Å². The third kappa shape index (κ3) is 2.37. The molecule has 0 amide bonds. The largest absolute Gasteiger partial charge is 0.351 e. The minimum absolute atomic E-state index is 0. The third-order valence-electron chi connectivity index (χ3n) is 3.45. The van der Waals surface area contributed by atoms with Crippen LogP contribution in [0.5, 0.6) is 0 Å². The Morgan fingerprint density at radius 2 is 2.00 bits per heavy atom. The number of nitrogens with zero attached hydrogens (tertiary/aromatic N) is 3. The van der Waals surface area contributed by atoms with Crippen molar-refractivity contribution in [3.63, 3.8) is 0 Å². The van der Waals surface area contributed by atoms with Crippen molar-refractivity contribution in [2.75, 3.05) is 0 Å². The molecule has 1 saturated carbocycles. The Morgan fingerprint density at radius 3 is 2.53 bits per heavy atom. The van der Waals surface area contributed by atoms with E-state index in [0.717, 1.165) is 25.0 Å². The van der Waals surface area contributed by atoms with Crippen LogP contribution in [0.2, 0.25) is 0 Å². The van der Waals surface area contributed by atoms with Gasteiger partial charge in [0.25, 0.3) is 5.89 Å². The Bertz CT molecular complexity index is 560. The molecule has 0 aliphatic heterocycles. The predicted molar refractivity (Wildman–Crippen MR) is 70.8 cm³/mol. The van der Waals surface area contributed by atoms with Gasteiger partial charge in [0, 0.05) is 6.07 Å². The third-order valence-corrected chi connectivity index (χ3v) is 3.45. The fourth-order valence-corrected chi connectivity index (χ4v) is 1.97. The second kappa shape index (κ2) is 4.94. The molecular weight excluding hydrogens is 268 g/mol. The van der Waals surface area contributed by atoms with E-state index in [-0.39, 0.29) is 12.4 Å². The Morgan fingerprint density at radius 1 is 1.26 bits per heavy atom. The lowest BCUT2D eigenvalue weighted by Crippen LogP contribution is -2.44. The number of aromatic nitrogens is 3. The fraction of sp³-hybridized carbons (Fsp3) is 0.583. The summed E-state index contributed by atoms with van der Waals surface area (Å²) >= 11 is 0. The first-order valence-electron chi connectivity index (χ1n) is 6.18. The molecule has 1 aliphatic rings. The Kier molecular flexibility index (Phi) is 3.64. The number of nitrogens with two attached hydrogens (primary N) is 1. The molecule has 2 heterocycles. The zero-order chi connectivity index (χ0) is 12.8. The highest BCUT2D eigenvalue weighted by atomic mass is 35.5. The number of hydrogen-bond donors (Lipinski definition) is 1. The summed E-state index contributed by atoms with van der Waals surface area (Å²) in [4.78, 5) is 4.31. The quantitative estimate of drug-likeness (QED) is 0.931. The Labute approximate surface area is 117 Å². The van der Waals surface area contributed by atoms with Gasteiger partial charge < -0.3 is 14.8 Å². The first-order chi connectivity index (χ1) is 8.58. The molecule has 3 rings (SSSR count). The molecule has 2 aromatic rings. The van der Waals surface area contributed by atoms with Crippen LogP contribution in [0.25, 0.3) is 11.7 Å². The zero-order valence-corrected chi connectivity index (χ0v) is 11.7. The summed E-state index contributed by atoms with van der Waals surface area (Å²) in [7, 11) is 0. The molecule has 0 aromatic carbocycles. The maximum Gasteiger partial charge on any atom is 0.296 e. The van der Waals surface area contributed by atoms with Crippen molar-refractivity contribution in [2.24, 2.45) is 5.73 Å². The Hall–Kier alpha value is -1.40. The van der Waals surface area contributed by atoms with E-state index in [1.807, 2.05) is 19.9 Å². The van der Waals surface area contributed by atoms with Gasteiger partial charge >= 0.3 is 0 Å². The predicted octanol–water partition coefficient (Wildman–Crippen LogP) is 2.61. The average molecular weight is 285 g/mol.